The summed E-state index contributed by atoms with van der Waals surface area (Å²) in [6.45, 7) is 5.39. The molecule has 5 heteroatoms. The Morgan fingerprint density at radius 2 is 0.838 bits per heavy atom. The van der Waals surface area contributed by atoms with Crippen LogP contribution >= 0.6 is 0 Å². The second-order valence-corrected chi connectivity index (χ2v) is 12.6. The second kappa shape index (κ2) is 8.93. The van der Waals surface area contributed by atoms with Crippen molar-refractivity contribution in [2.45, 2.75) is 30.3 Å². The van der Waals surface area contributed by atoms with E-state index < -0.39 is 24.7 Å². The Kier molecular flexibility index (Phi) is 5.99. The van der Waals surface area contributed by atoms with Gasteiger partial charge in [0.1, 0.15) is 0 Å². The summed E-state index contributed by atoms with van der Waals surface area (Å²) in [6, 6.07) is 36.5. The van der Waals surface area contributed by atoms with Crippen molar-refractivity contribution in [2.24, 2.45) is 10.4 Å². The van der Waals surface area contributed by atoms with Crippen LogP contribution in [0.5, 0.6) is 0 Å². The van der Waals surface area contributed by atoms with Gasteiger partial charge < -0.3 is 0 Å². The van der Waals surface area contributed by atoms with Crippen molar-refractivity contribution in [3.63, 3.8) is 0 Å². The van der Waals surface area contributed by atoms with Crippen LogP contribution in [-0.2, 0) is 24.1 Å². The molecule has 1 aliphatic heterocycles. The number of hydrogen-bond acceptors (Lipinski definition) is 3. The summed E-state index contributed by atoms with van der Waals surface area (Å²) in [5.41, 5.74) is 1.74. The van der Waals surface area contributed by atoms with E-state index in [4.69, 9.17) is 4.99 Å². The van der Waals surface area contributed by atoms with Crippen LogP contribution in [0.2, 0.25) is 0 Å². The minimum absolute atomic E-state index is 0.301. The lowest BCUT2D eigenvalue weighted by molar-refractivity contribution is -0.124. The van der Waals surface area contributed by atoms with Gasteiger partial charge in [0, 0.05) is 5.41 Å². The van der Waals surface area contributed by atoms with Crippen LogP contribution in [0.15, 0.2) is 126 Å². The monoisotopic (exact) mass is 507 g/mol. The zero-order chi connectivity index (χ0) is 26.3. The summed E-state index contributed by atoms with van der Waals surface area (Å²) in [5.74, 6) is -0.370. The summed E-state index contributed by atoms with van der Waals surface area (Å²) in [5, 5.41) is 0. The van der Waals surface area contributed by atoms with Crippen LogP contribution in [0.25, 0.3) is 0 Å². The summed E-state index contributed by atoms with van der Waals surface area (Å²) < 4.78 is 27.2. The van der Waals surface area contributed by atoms with Crippen molar-refractivity contribution in [2.75, 3.05) is 0 Å². The lowest BCUT2D eigenvalue weighted by Crippen LogP contribution is -2.72. The number of nitrogens with zero attached hydrogens (tertiary/aromatic N) is 1. The standard InChI is InChI=1S/C32H29NO3S/c1-30(2,3)29(34)33-28-31(24-16-8-4-9-17-24,25-18-10-5-11-19-25)37(35,36)32(28,26-20-12-6-13-21-26)27-22-14-7-15-23-27/h4-23H,1-3H3. The fourth-order valence-corrected chi connectivity index (χ4v) is 8.30. The zero-order valence-electron chi connectivity index (χ0n) is 21.1. The SMILES string of the molecule is CC(C)(C)C(=O)N=C1C(c2ccccc2)(c2ccccc2)S(=O)(=O)C1(c1ccccc1)c1ccccc1. The Bertz CT molecular complexity index is 1380. The smallest absolute Gasteiger partial charge is 0.251 e. The highest BCUT2D eigenvalue weighted by molar-refractivity contribution is 7.98. The zero-order valence-corrected chi connectivity index (χ0v) is 21.9. The van der Waals surface area contributed by atoms with Gasteiger partial charge in [-0.2, -0.15) is 0 Å². The van der Waals surface area contributed by atoms with Gasteiger partial charge in [0.05, 0.1) is 5.71 Å². The predicted octanol–water partition coefficient (Wildman–Crippen LogP) is 6.32. The van der Waals surface area contributed by atoms with Crippen LogP contribution < -0.4 is 0 Å². The van der Waals surface area contributed by atoms with Crippen molar-refractivity contribution in [1.29, 1.82) is 0 Å². The molecule has 0 aliphatic carbocycles. The molecular formula is C32H29NO3S. The molecule has 4 aromatic carbocycles. The van der Waals surface area contributed by atoms with Gasteiger partial charge in [-0.05, 0) is 22.3 Å². The molecule has 0 aromatic heterocycles. The lowest BCUT2D eigenvalue weighted by atomic mass is 9.73. The Balaban J connectivity index is 2.00. The van der Waals surface area contributed by atoms with Gasteiger partial charge in [-0.3, -0.25) is 4.79 Å². The maximum atomic E-state index is 15.2. The van der Waals surface area contributed by atoms with Crippen LogP contribution in [0.1, 0.15) is 43.0 Å². The maximum absolute atomic E-state index is 15.2. The summed E-state index contributed by atoms with van der Waals surface area (Å²) in [6.07, 6.45) is 0. The van der Waals surface area contributed by atoms with Crippen molar-refractivity contribution in [1.82, 2.24) is 0 Å². The third-order valence-corrected chi connectivity index (χ3v) is 9.99. The minimum atomic E-state index is -4.12. The molecule has 5 rings (SSSR count). The minimum Gasteiger partial charge on any atom is -0.272 e. The maximum Gasteiger partial charge on any atom is 0.251 e. The fourth-order valence-electron chi connectivity index (χ4n) is 5.30. The first kappa shape index (κ1) is 24.8. The number of aliphatic imine (C=N–C) groups is 1. The first-order chi connectivity index (χ1) is 17.7. The fraction of sp³-hybridized carbons (Fsp3) is 0.188. The third-order valence-electron chi connectivity index (χ3n) is 7.05. The molecule has 0 atom stereocenters. The van der Waals surface area contributed by atoms with Crippen LogP contribution in [0.4, 0.5) is 0 Å². The molecule has 0 bridgehead atoms. The van der Waals surface area contributed by atoms with E-state index in [1.165, 1.54) is 0 Å². The van der Waals surface area contributed by atoms with E-state index in [1.54, 1.807) is 20.8 Å². The molecule has 4 aromatic rings. The molecule has 0 spiro atoms. The summed E-state index contributed by atoms with van der Waals surface area (Å²) >= 11 is 0. The number of carbonyl (C=O) groups excluding carboxylic acids is 1. The first-order valence-electron chi connectivity index (χ1n) is 12.3. The Hall–Kier alpha value is -3.83. The van der Waals surface area contributed by atoms with Gasteiger partial charge in [-0.15, -0.1) is 0 Å². The molecule has 1 fully saturated rings. The molecule has 0 saturated carbocycles. The quantitative estimate of drug-likeness (QED) is 0.325. The van der Waals surface area contributed by atoms with Crippen molar-refractivity contribution in [3.05, 3.63) is 144 Å². The number of amides is 1. The molecular weight excluding hydrogens is 478 g/mol. The van der Waals surface area contributed by atoms with E-state index >= 15 is 8.42 Å². The van der Waals surface area contributed by atoms with Gasteiger partial charge in [-0.25, -0.2) is 13.4 Å². The average Bonchev–Trinajstić information content (AvgIpc) is 2.91. The van der Waals surface area contributed by atoms with E-state index in [1.807, 2.05) is 121 Å². The van der Waals surface area contributed by atoms with E-state index in [-0.39, 0.29) is 5.91 Å². The molecule has 0 unspecified atom stereocenters. The van der Waals surface area contributed by atoms with Gasteiger partial charge >= 0.3 is 0 Å². The van der Waals surface area contributed by atoms with Crippen LogP contribution in [-0.4, -0.2) is 20.0 Å². The Labute approximate surface area is 218 Å². The van der Waals surface area contributed by atoms with Gasteiger partial charge in [0.15, 0.2) is 19.3 Å². The normalized spacial score (nSPS) is 17.4. The molecule has 1 aliphatic rings. The van der Waals surface area contributed by atoms with E-state index in [9.17, 15) is 4.79 Å². The molecule has 1 amide bonds. The topological polar surface area (TPSA) is 63.6 Å². The molecule has 1 heterocycles. The van der Waals surface area contributed by atoms with E-state index in [0.29, 0.717) is 28.0 Å². The predicted molar refractivity (Wildman–Crippen MR) is 148 cm³/mol. The number of benzene rings is 4. The Morgan fingerprint density at radius 3 is 1.08 bits per heavy atom. The van der Waals surface area contributed by atoms with Crippen LogP contribution in [0.3, 0.4) is 0 Å². The average molecular weight is 508 g/mol. The van der Waals surface area contributed by atoms with Gasteiger partial charge in [-0.1, -0.05) is 142 Å². The highest BCUT2D eigenvalue weighted by atomic mass is 32.2. The van der Waals surface area contributed by atoms with Crippen LogP contribution in [0, 0.1) is 5.41 Å². The lowest BCUT2D eigenvalue weighted by Gasteiger charge is -2.57. The van der Waals surface area contributed by atoms with Gasteiger partial charge in [0.25, 0.3) is 5.91 Å². The molecule has 4 nitrogen and oxygen atoms in total. The van der Waals surface area contributed by atoms with Gasteiger partial charge in [0.2, 0.25) is 0 Å². The largest absolute Gasteiger partial charge is 0.272 e. The second-order valence-electron chi connectivity index (χ2n) is 10.3. The first-order valence-corrected chi connectivity index (χ1v) is 13.8. The van der Waals surface area contributed by atoms with Crippen molar-refractivity contribution >= 4 is 21.5 Å². The molecule has 0 N–H and O–H groups in total. The number of rotatable bonds is 4. The van der Waals surface area contributed by atoms with E-state index in [0.717, 1.165) is 0 Å². The van der Waals surface area contributed by atoms with Crippen molar-refractivity contribution < 1.29 is 13.2 Å². The van der Waals surface area contributed by atoms with E-state index in [2.05, 4.69) is 0 Å². The highest BCUT2D eigenvalue weighted by Gasteiger charge is 2.77. The molecule has 186 valence electrons. The molecule has 0 radical (unpaired) electrons. The van der Waals surface area contributed by atoms with Crippen molar-refractivity contribution in [3.8, 4) is 0 Å². The molecule has 37 heavy (non-hydrogen) atoms. The number of carbonyl (C=O) groups is 1. The molecule has 1 saturated heterocycles. The third kappa shape index (κ3) is 3.45. The highest BCUT2D eigenvalue weighted by Crippen LogP contribution is 2.63. The number of sulfone groups is 1. The summed E-state index contributed by atoms with van der Waals surface area (Å²) in [7, 11) is -4.12. The number of hydrogen-bond donors (Lipinski definition) is 0. The summed E-state index contributed by atoms with van der Waals surface area (Å²) in [4.78, 5) is 18.4. The Morgan fingerprint density at radius 1 is 0.568 bits per heavy atom.